The minimum atomic E-state index is 0. The van der Waals surface area contributed by atoms with Crippen molar-refractivity contribution in [1.82, 2.24) is 29.8 Å². The molecular formula is C16H17Cl4N7. The minimum Gasteiger partial charge on any atom is -0.325 e. The number of rotatable bonds is 3. The Bertz CT molecular complexity index is 1030. The molecule has 0 amide bonds. The summed E-state index contributed by atoms with van der Waals surface area (Å²) in [6, 6.07) is 11.7. The molecule has 0 aliphatic carbocycles. The molecule has 0 fully saturated rings. The molecule has 4 rings (SSSR count). The van der Waals surface area contributed by atoms with Gasteiger partial charge >= 0.3 is 0 Å². The number of halogens is 4. The smallest absolute Gasteiger partial charge is 0.223 e. The van der Waals surface area contributed by atoms with E-state index < -0.39 is 0 Å². The quantitative estimate of drug-likeness (QED) is 0.517. The second kappa shape index (κ2) is 9.34. The zero-order valence-electron chi connectivity index (χ0n) is 14.1. The Morgan fingerprint density at radius 2 is 1.81 bits per heavy atom. The minimum absolute atomic E-state index is 0. The lowest BCUT2D eigenvalue weighted by molar-refractivity contribution is 0.630. The molecule has 0 aliphatic rings. The van der Waals surface area contributed by atoms with Crippen LogP contribution in [0.5, 0.6) is 0 Å². The zero-order chi connectivity index (χ0) is 16.7. The summed E-state index contributed by atoms with van der Waals surface area (Å²) in [5, 5.41) is 13.8. The first kappa shape index (κ1) is 23.1. The molecule has 0 unspecified atom stereocenters. The van der Waals surface area contributed by atoms with Crippen molar-refractivity contribution in [2.75, 3.05) is 0 Å². The molecule has 0 spiro atoms. The second-order valence-electron chi connectivity index (χ2n) is 5.33. The van der Waals surface area contributed by atoms with Crippen molar-refractivity contribution >= 4 is 59.7 Å². The fraction of sp³-hybridized carbons (Fsp3) is 0.125. The van der Waals surface area contributed by atoms with Gasteiger partial charge in [-0.25, -0.2) is 0 Å². The molecule has 11 heteroatoms. The maximum atomic E-state index is 6.64. The van der Waals surface area contributed by atoms with Gasteiger partial charge in [-0.1, -0.05) is 29.8 Å². The third-order valence-corrected chi connectivity index (χ3v) is 4.19. The predicted molar refractivity (Wildman–Crippen MR) is 114 cm³/mol. The Balaban J connectivity index is 0.00000121. The van der Waals surface area contributed by atoms with Crippen LogP contribution < -0.4 is 5.73 Å². The molecular weight excluding hydrogens is 432 g/mol. The summed E-state index contributed by atoms with van der Waals surface area (Å²) in [4.78, 5) is 5.79. The number of hydrogen-bond acceptors (Lipinski definition) is 5. The van der Waals surface area contributed by atoms with Crippen LogP contribution in [0.2, 0.25) is 5.02 Å². The SMILES string of the molecule is Cl.Cl.Cl.Cn1nnc(-c2c(Cl)c3ccccc3n2-c2ccc(CN)nc2)n1. The maximum absolute atomic E-state index is 6.64. The van der Waals surface area contributed by atoms with Gasteiger partial charge in [0.25, 0.3) is 0 Å². The maximum Gasteiger partial charge on any atom is 0.223 e. The van der Waals surface area contributed by atoms with Crippen LogP contribution in [0.1, 0.15) is 5.69 Å². The number of nitrogens with two attached hydrogens (primary N) is 1. The number of pyridine rings is 1. The fourth-order valence-corrected chi connectivity index (χ4v) is 3.04. The number of nitrogens with zero attached hydrogens (tertiary/aromatic N) is 6. The fourth-order valence-electron chi connectivity index (χ4n) is 2.72. The van der Waals surface area contributed by atoms with Crippen LogP contribution in [-0.4, -0.2) is 29.8 Å². The van der Waals surface area contributed by atoms with Crippen LogP contribution in [0.15, 0.2) is 42.6 Å². The van der Waals surface area contributed by atoms with E-state index in [1.54, 1.807) is 13.2 Å². The van der Waals surface area contributed by atoms with E-state index in [1.807, 2.05) is 41.0 Å². The van der Waals surface area contributed by atoms with Gasteiger partial charge in [-0.3, -0.25) is 4.98 Å². The summed E-state index contributed by atoms with van der Waals surface area (Å²) in [6.45, 7) is 0.395. The molecule has 0 aliphatic heterocycles. The van der Waals surface area contributed by atoms with Gasteiger partial charge in [-0.05, 0) is 23.4 Å². The molecule has 0 saturated carbocycles. The molecule has 0 atom stereocenters. The molecule has 0 bridgehead atoms. The van der Waals surface area contributed by atoms with E-state index in [9.17, 15) is 0 Å². The van der Waals surface area contributed by atoms with E-state index in [4.69, 9.17) is 17.3 Å². The van der Waals surface area contributed by atoms with Crippen LogP contribution in [0.4, 0.5) is 0 Å². The van der Waals surface area contributed by atoms with Gasteiger partial charge in [0, 0.05) is 11.9 Å². The van der Waals surface area contributed by atoms with Crippen molar-refractivity contribution in [2.45, 2.75) is 6.54 Å². The number of aryl methyl sites for hydroxylation is 1. The summed E-state index contributed by atoms with van der Waals surface area (Å²) in [7, 11) is 1.72. The van der Waals surface area contributed by atoms with Gasteiger partial charge in [0.2, 0.25) is 5.82 Å². The molecule has 4 aromatic rings. The normalized spacial score (nSPS) is 10.0. The Kier molecular flexibility index (Phi) is 8.01. The van der Waals surface area contributed by atoms with Crippen molar-refractivity contribution in [1.29, 1.82) is 0 Å². The van der Waals surface area contributed by atoms with Crippen LogP contribution >= 0.6 is 48.8 Å². The highest BCUT2D eigenvalue weighted by Gasteiger charge is 2.21. The number of para-hydroxylation sites is 1. The summed E-state index contributed by atoms with van der Waals surface area (Å²) in [6.07, 6.45) is 1.77. The number of aromatic nitrogens is 6. The molecule has 1 aromatic carbocycles. The van der Waals surface area contributed by atoms with E-state index in [0.717, 1.165) is 22.3 Å². The lowest BCUT2D eigenvalue weighted by Crippen LogP contribution is -2.03. The average Bonchev–Trinajstić information content (AvgIpc) is 3.17. The first-order valence-corrected chi connectivity index (χ1v) is 7.75. The molecule has 27 heavy (non-hydrogen) atoms. The number of fused-ring (bicyclic) bond motifs is 1. The molecule has 3 heterocycles. The number of hydrogen-bond donors (Lipinski definition) is 1. The van der Waals surface area contributed by atoms with Gasteiger partial charge < -0.3 is 10.3 Å². The van der Waals surface area contributed by atoms with Crippen molar-refractivity contribution in [2.24, 2.45) is 12.8 Å². The first-order valence-electron chi connectivity index (χ1n) is 7.37. The molecule has 0 radical (unpaired) electrons. The first-order chi connectivity index (χ1) is 11.7. The topological polar surface area (TPSA) is 87.4 Å². The predicted octanol–water partition coefficient (Wildman–Crippen LogP) is 3.59. The Morgan fingerprint density at radius 1 is 1.07 bits per heavy atom. The highest BCUT2D eigenvalue weighted by Crippen LogP contribution is 2.37. The Labute approximate surface area is 179 Å². The van der Waals surface area contributed by atoms with E-state index >= 15 is 0 Å². The van der Waals surface area contributed by atoms with Crippen LogP contribution in [0.25, 0.3) is 28.1 Å². The lowest BCUT2D eigenvalue weighted by Gasteiger charge is -2.09. The number of benzene rings is 1. The van der Waals surface area contributed by atoms with Crippen molar-refractivity contribution in [3.63, 3.8) is 0 Å². The summed E-state index contributed by atoms with van der Waals surface area (Å²) in [5.74, 6) is 0.460. The summed E-state index contributed by atoms with van der Waals surface area (Å²) < 4.78 is 1.99. The van der Waals surface area contributed by atoms with Crippen molar-refractivity contribution < 1.29 is 0 Å². The van der Waals surface area contributed by atoms with E-state index in [0.29, 0.717) is 23.1 Å². The molecule has 7 nitrogen and oxygen atoms in total. The molecule has 144 valence electrons. The summed E-state index contributed by atoms with van der Waals surface area (Å²) in [5.41, 5.74) is 8.95. The third kappa shape index (κ3) is 4.02. The van der Waals surface area contributed by atoms with Crippen LogP contribution in [0, 0.1) is 0 Å². The van der Waals surface area contributed by atoms with E-state index in [1.165, 1.54) is 4.80 Å². The van der Waals surface area contributed by atoms with Gasteiger partial charge in [-0.2, -0.15) is 4.80 Å². The molecule has 2 N–H and O–H groups in total. The molecule has 3 aromatic heterocycles. The summed E-state index contributed by atoms with van der Waals surface area (Å²) >= 11 is 6.64. The van der Waals surface area contributed by atoms with Crippen molar-refractivity contribution in [3.8, 4) is 17.2 Å². The van der Waals surface area contributed by atoms with E-state index in [2.05, 4.69) is 20.4 Å². The Hall–Kier alpha value is -1.90. The average molecular weight is 449 g/mol. The van der Waals surface area contributed by atoms with Crippen molar-refractivity contribution in [3.05, 3.63) is 53.3 Å². The van der Waals surface area contributed by atoms with Crippen LogP contribution in [-0.2, 0) is 13.6 Å². The number of tetrazole rings is 1. The van der Waals surface area contributed by atoms with Gasteiger partial charge in [-0.15, -0.1) is 47.4 Å². The van der Waals surface area contributed by atoms with Gasteiger partial charge in [0.15, 0.2) is 0 Å². The highest BCUT2D eigenvalue weighted by molar-refractivity contribution is 6.38. The highest BCUT2D eigenvalue weighted by atomic mass is 35.5. The van der Waals surface area contributed by atoms with Gasteiger partial charge in [0.1, 0.15) is 5.69 Å². The standard InChI is InChI=1S/C16H14ClN7.3ClH/c1-23-21-16(20-22-23)15-14(17)12-4-2-3-5-13(12)24(15)11-7-6-10(8-18)19-9-11;;;/h2-7,9H,8,18H2,1H3;3*1H. The lowest BCUT2D eigenvalue weighted by atomic mass is 10.2. The Morgan fingerprint density at radius 3 is 2.41 bits per heavy atom. The third-order valence-electron chi connectivity index (χ3n) is 3.81. The largest absolute Gasteiger partial charge is 0.325 e. The zero-order valence-corrected chi connectivity index (χ0v) is 17.3. The second-order valence-corrected chi connectivity index (χ2v) is 5.71. The molecule has 0 saturated heterocycles. The van der Waals surface area contributed by atoms with Crippen LogP contribution in [0.3, 0.4) is 0 Å². The van der Waals surface area contributed by atoms with E-state index in [-0.39, 0.29) is 37.2 Å². The monoisotopic (exact) mass is 447 g/mol. The van der Waals surface area contributed by atoms with Gasteiger partial charge in [0.05, 0.1) is 35.2 Å².